The van der Waals surface area contributed by atoms with Gasteiger partial charge in [-0.05, 0) is 24.3 Å². The van der Waals surface area contributed by atoms with E-state index in [9.17, 15) is 0 Å². The molecule has 4 heteroatoms. The fraction of sp³-hybridized carbons (Fsp3) is 0. The molecule has 0 aliphatic carbocycles. The second-order valence-corrected chi connectivity index (χ2v) is 2.58. The fourth-order valence-corrected chi connectivity index (χ4v) is 0.928. The van der Waals surface area contributed by atoms with Crippen LogP contribution in [0.1, 0.15) is 0 Å². The summed E-state index contributed by atoms with van der Waals surface area (Å²) in [6.07, 6.45) is 3.35. The third-order valence-corrected chi connectivity index (χ3v) is 1.55. The molecule has 0 aromatic carbocycles. The zero-order chi connectivity index (χ0) is 9.64. The first-order valence-electron chi connectivity index (χ1n) is 4.19. The summed E-state index contributed by atoms with van der Waals surface area (Å²) in [5.41, 5.74) is 0. The van der Waals surface area contributed by atoms with Crippen LogP contribution in [0.25, 0.3) is 0 Å². The van der Waals surface area contributed by atoms with Gasteiger partial charge in [0.1, 0.15) is 0 Å². The van der Waals surface area contributed by atoms with E-state index < -0.39 is 0 Å². The van der Waals surface area contributed by atoms with Crippen molar-refractivity contribution in [3.8, 4) is 0 Å². The van der Waals surface area contributed by atoms with Gasteiger partial charge in [0.15, 0.2) is 11.6 Å². The molecule has 0 atom stereocenters. The molecule has 0 fully saturated rings. The molecule has 2 aromatic heterocycles. The van der Waals surface area contributed by atoms with E-state index in [2.05, 4.69) is 20.2 Å². The first-order valence-corrected chi connectivity index (χ1v) is 4.19. The second-order valence-electron chi connectivity index (χ2n) is 2.58. The lowest BCUT2D eigenvalue weighted by molar-refractivity contribution is 1.11. The number of aromatic nitrogens is 2. The lowest BCUT2D eigenvalue weighted by atomic mass is 10.5. The minimum atomic E-state index is 0.582. The van der Waals surface area contributed by atoms with Gasteiger partial charge in [0, 0.05) is 12.4 Å². The molecule has 14 heavy (non-hydrogen) atoms. The minimum absolute atomic E-state index is 0.582. The van der Waals surface area contributed by atoms with E-state index >= 15 is 0 Å². The van der Waals surface area contributed by atoms with Crippen LogP contribution < -0.4 is 0 Å². The summed E-state index contributed by atoms with van der Waals surface area (Å²) in [6.45, 7) is 0. The lowest BCUT2D eigenvalue weighted by Crippen LogP contribution is -1.71. The molecule has 0 N–H and O–H groups in total. The standard InChI is InChI=1S/C10H8N4/c1-3-7-11-9(5-1)13-14-10-6-2-4-8-12-10/h1-8H/b14-13-. The Labute approximate surface area is 81.4 Å². The number of nitrogens with zero attached hydrogens (tertiary/aromatic N) is 4. The average molecular weight is 184 g/mol. The maximum absolute atomic E-state index is 4.01. The van der Waals surface area contributed by atoms with Crippen molar-refractivity contribution in [2.45, 2.75) is 0 Å². The third kappa shape index (κ3) is 2.20. The molecule has 2 heterocycles. The Bertz CT molecular complexity index is 369. The smallest absolute Gasteiger partial charge is 0.174 e. The van der Waals surface area contributed by atoms with Gasteiger partial charge < -0.3 is 0 Å². The molecule has 0 amide bonds. The first-order chi connectivity index (χ1) is 6.95. The van der Waals surface area contributed by atoms with Crippen LogP contribution in [0.15, 0.2) is 59.0 Å². The highest BCUT2D eigenvalue weighted by Gasteiger charge is 1.88. The van der Waals surface area contributed by atoms with Crippen LogP contribution >= 0.6 is 0 Å². The number of pyridine rings is 2. The molecular weight excluding hydrogens is 176 g/mol. The van der Waals surface area contributed by atoms with Crippen molar-refractivity contribution in [3.05, 3.63) is 48.8 Å². The Morgan fingerprint density at radius 1 is 0.714 bits per heavy atom. The molecule has 0 unspecified atom stereocenters. The van der Waals surface area contributed by atoms with E-state index in [1.165, 1.54) is 0 Å². The average Bonchev–Trinajstić information content (AvgIpc) is 2.29. The summed E-state index contributed by atoms with van der Waals surface area (Å²) in [6, 6.07) is 11.0. The molecule has 2 rings (SSSR count). The zero-order valence-corrected chi connectivity index (χ0v) is 7.41. The Hall–Kier alpha value is -2.10. The summed E-state index contributed by atoms with van der Waals surface area (Å²) in [7, 11) is 0. The number of rotatable bonds is 2. The lowest BCUT2D eigenvalue weighted by Gasteiger charge is -1.89. The molecule has 0 radical (unpaired) electrons. The Balaban J connectivity index is 2.16. The van der Waals surface area contributed by atoms with E-state index in [-0.39, 0.29) is 0 Å². The van der Waals surface area contributed by atoms with Gasteiger partial charge in [0.05, 0.1) is 0 Å². The molecule has 68 valence electrons. The van der Waals surface area contributed by atoms with E-state index in [1.54, 1.807) is 24.5 Å². The van der Waals surface area contributed by atoms with Crippen LogP contribution in [0, 0.1) is 0 Å². The molecule has 0 saturated carbocycles. The van der Waals surface area contributed by atoms with Crippen LogP contribution in [-0.2, 0) is 0 Å². The number of azo groups is 1. The van der Waals surface area contributed by atoms with Crippen molar-refractivity contribution in [1.82, 2.24) is 9.97 Å². The highest BCUT2D eigenvalue weighted by molar-refractivity contribution is 5.28. The first kappa shape index (κ1) is 8.50. The predicted octanol–water partition coefficient (Wildman–Crippen LogP) is 2.89. The Morgan fingerprint density at radius 3 is 1.57 bits per heavy atom. The molecule has 0 saturated heterocycles. The van der Waals surface area contributed by atoms with Crippen LogP contribution in [0.4, 0.5) is 11.6 Å². The van der Waals surface area contributed by atoms with Crippen LogP contribution in [-0.4, -0.2) is 9.97 Å². The van der Waals surface area contributed by atoms with E-state index in [4.69, 9.17) is 0 Å². The monoisotopic (exact) mass is 184 g/mol. The summed E-state index contributed by atoms with van der Waals surface area (Å²) < 4.78 is 0. The van der Waals surface area contributed by atoms with E-state index in [0.717, 1.165) is 0 Å². The minimum Gasteiger partial charge on any atom is -0.236 e. The Morgan fingerprint density at radius 2 is 1.21 bits per heavy atom. The van der Waals surface area contributed by atoms with Crippen LogP contribution in [0.5, 0.6) is 0 Å². The van der Waals surface area contributed by atoms with Gasteiger partial charge >= 0.3 is 0 Å². The summed E-state index contributed by atoms with van der Waals surface area (Å²) in [5, 5.41) is 7.86. The van der Waals surface area contributed by atoms with Crippen LogP contribution in [0.2, 0.25) is 0 Å². The van der Waals surface area contributed by atoms with Crippen molar-refractivity contribution in [2.24, 2.45) is 10.2 Å². The van der Waals surface area contributed by atoms with Crippen molar-refractivity contribution >= 4 is 11.6 Å². The van der Waals surface area contributed by atoms with Crippen molar-refractivity contribution in [1.29, 1.82) is 0 Å². The van der Waals surface area contributed by atoms with Crippen LogP contribution in [0.3, 0.4) is 0 Å². The summed E-state index contributed by atoms with van der Waals surface area (Å²) in [4.78, 5) is 8.01. The molecular formula is C10H8N4. The normalized spacial score (nSPS) is 10.6. The maximum Gasteiger partial charge on any atom is 0.174 e. The number of hydrogen-bond donors (Lipinski definition) is 0. The maximum atomic E-state index is 4.01. The molecule has 0 spiro atoms. The molecule has 0 aliphatic heterocycles. The van der Waals surface area contributed by atoms with Gasteiger partial charge in [0.2, 0.25) is 0 Å². The van der Waals surface area contributed by atoms with Gasteiger partial charge in [-0.3, -0.25) is 0 Å². The fourth-order valence-electron chi connectivity index (χ4n) is 0.928. The zero-order valence-electron chi connectivity index (χ0n) is 7.41. The second kappa shape index (κ2) is 4.23. The molecule has 4 nitrogen and oxygen atoms in total. The van der Waals surface area contributed by atoms with Gasteiger partial charge in [-0.25, -0.2) is 9.97 Å². The van der Waals surface area contributed by atoms with Crippen molar-refractivity contribution in [2.75, 3.05) is 0 Å². The summed E-state index contributed by atoms with van der Waals surface area (Å²) >= 11 is 0. The topological polar surface area (TPSA) is 50.5 Å². The largest absolute Gasteiger partial charge is 0.236 e. The summed E-state index contributed by atoms with van der Waals surface area (Å²) in [5.74, 6) is 1.16. The quantitative estimate of drug-likeness (QED) is 0.674. The van der Waals surface area contributed by atoms with E-state index in [1.807, 2.05) is 24.3 Å². The van der Waals surface area contributed by atoms with E-state index in [0.29, 0.717) is 11.6 Å². The molecule has 2 aromatic rings. The SMILES string of the molecule is c1ccc(/N=N\c2ccccn2)nc1. The third-order valence-electron chi connectivity index (χ3n) is 1.55. The van der Waals surface area contributed by atoms with Crippen molar-refractivity contribution in [3.63, 3.8) is 0 Å². The van der Waals surface area contributed by atoms with Gasteiger partial charge in [-0.1, -0.05) is 12.1 Å². The number of hydrogen-bond acceptors (Lipinski definition) is 4. The van der Waals surface area contributed by atoms with Gasteiger partial charge in [0.25, 0.3) is 0 Å². The Kier molecular flexibility index (Phi) is 2.56. The van der Waals surface area contributed by atoms with Crippen molar-refractivity contribution < 1.29 is 0 Å². The van der Waals surface area contributed by atoms with Gasteiger partial charge in [-0.15, -0.1) is 10.2 Å². The molecule has 0 aliphatic rings. The van der Waals surface area contributed by atoms with Gasteiger partial charge in [-0.2, -0.15) is 0 Å². The highest BCUT2D eigenvalue weighted by atomic mass is 15.2. The highest BCUT2D eigenvalue weighted by Crippen LogP contribution is 2.11. The predicted molar refractivity (Wildman–Crippen MR) is 52.7 cm³/mol. The molecule has 0 bridgehead atoms.